The summed E-state index contributed by atoms with van der Waals surface area (Å²) in [7, 11) is -4.94. The van der Waals surface area contributed by atoms with Crippen molar-refractivity contribution in [2.45, 2.75) is 13.8 Å². The van der Waals surface area contributed by atoms with Crippen LogP contribution in [-0.2, 0) is 0 Å². The number of hydrogen-bond acceptors (Lipinski definition) is 4. The Labute approximate surface area is 146 Å². The first-order valence-corrected chi connectivity index (χ1v) is 8.82. The monoisotopic (exact) mass is 357 g/mol. The number of hydrogen-bond donors (Lipinski definition) is 0. The number of aromatic nitrogens is 1. The largest absolute Gasteiger partial charge is 0.222 e. The van der Waals surface area contributed by atoms with E-state index in [-0.39, 0.29) is 0 Å². The Balaban J connectivity index is 0.000000324. The van der Waals surface area contributed by atoms with Crippen LogP contribution < -0.4 is 23.0 Å². The molecule has 0 radical (unpaired) electrons. The Hall–Kier alpha value is -2.28. The van der Waals surface area contributed by atoms with E-state index >= 15 is 0 Å². The third-order valence-electron chi connectivity index (χ3n) is 4.21. The second-order valence-electron chi connectivity index (χ2n) is 5.83. The molecule has 0 aliphatic carbocycles. The van der Waals surface area contributed by atoms with Gasteiger partial charge in [-0.25, -0.2) is 18.6 Å². The van der Waals surface area contributed by atoms with Gasteiger partial charge in [0.25, 0.3) is 0 Å². The van der Waals surface area contributed by atoms with Crippen molar-refractivity contribution in [3.8, 4) is 0 Å². The quantitative estimate of drug-likeness (QED) is 0.243. The zero-order valence-electron chi connectivity index (χ0n) is 13.7. The number of aryl methyl sites for hydroxylation is 2. The first kappa shape index (κ1) is 17.5. The summed E-state index contributed by atoms with van der Waals surface area (Å²) in [5, 5.41) is 5.38. The van der Waals surface area contributed by atoms with E-state index in [1.807, 2.05) is 0 Å². The summed E-state index contributed by atoms with van der Waals surface area (Å²) in [4.78, 5) is 0. The molecule has 6 heteroatoms. The first-order chi connectivity index (χ1) is 11.8. The van der Waals surface area contributed by atoms with Crippen LogP contribution >= 0.6 is 0 Å². The van der Waals surface area contributed by atoms with Gasteiger partial charge in [0.05, 0.1) is 5.39 Å². The Morgan fingerprint density at radius 1 is 0.840 bits per heavy atom. The number of fused-ring (bicyclic) bond motifs is 4. The third kappa shape index (κ3) is 3.71. The molecule has 0 bridgehead atoms. The second kappa shape index (κ2) is 6.55. The van der Waals surface area contributed by atoms with Crippen LogP contribution in [0.4, 0.5) is 0 Å². The minimum absolute atomic E-state index is 1.27. The van der Waals surface area contributed by atoms with Crippen LogP contribution in [0.5, 0.6) is 0 Å². The van der Waals surface area contributed by atoms with Crippen LogP contribution in [-0.4, -0.2) is 0 Å². The second-order valence-corrected chi connectivity index (χ2v) is 6.58. The molecule has 0 N–H and O–H groups in total. The SMILES string of the molecule is Cc1cc2ccccc2c2c(C)c3cccc[n+]3cc12.[O-][Cl+3]([O-])([O-])[O-]. The van der Waals surface area contributed by atoms with E-state index in [0.717, 1.165) is 0 Å². The molecule has 2 aromatic carbocycles. The lowest BCUT2D eigenvalue weighted by Gasteiger charge is -2.17. The van der Waals surface area contributed by atoms with Crippen molar-refractivity contribution in [3.63, 3.8) is 0 Å². The van der Waals surface area contributed by atoms with Gasteiger partial charge in [-0.05, 0) is 36.2 Å². The molecule has 0 aliphatic rings. The molecule has 0 amide bonds. The predicted molar refractivity (Wildman–Crippen MR) is 84.1 cm³/mol. The van der Waals surface area contributed by atoms with Gasteiger partial charge in [0, 0.05) is 23.1 Å². The molecule has 0 aliphatic heterocycles. The van der Waals surface area contributed by atoms with Crippen LogP contribution in [0.2, 0.25) is 0 Å². The molecule has 0 saturated carbocycles. The summed E-state index contributed by atoms with van der Waals surface area (Å²) in [6.07, 6.45) is 4.37. The highest BCUT2D eigenvalue weighted by atomic mass is 35.7. The minimum Gasteiger partial charge on any atom is -0.222 e. The fourth-order valence-corrected chi connectivity index (χ4v) is 3.23. The zero-order valence-corrected chi connectivity index (χ0v) is 14.5. The lowest BCUT2D eigenvalue weighted by Crippen LogP contribution is -2.68. The Kier molecular flexibility index (Phi) is 4.60. The maximum atomic E-state index is 8.49. The summed E-state index contributed by atoms with van der Waals surface area (Å²) >= 11 is 0. The van der Waals surface area contributed by atoms with Crippen molar-refractivity contribution >= 4 is 27.1 Å². The maximum absolute atomic E-state index is 8.49. The molecule has 128 valence electrons. The van der Waals surface area contributed by atoms with Crippen molar-refractivity contribution in [2.24, 2.45) is 0 Å². The number of halogens is 1. The molecule has 2 aromatic heterocycles. The topological polar surface area (TPSA) is 96.3 Å². The standard InChI is InChI=1S/C19H16N.ClHO4/c1-13-11-15-7-3-4-8-16(15)19-14(2)18-9-5-6-10-20(18)12-17(13)19;2-1(3,4)5/h3-12H,1-2H3;(H,2,3,4,5)/q+1;/p-1. The van der Waals surface area contributed by atoms with Gasteiger partial charge in [0.15, 0.2) is 12.4 Å². The average Bonchev–Trinajstić information content (AvgIpc) is 2.54. The molecule has 0 fully saturated rings. The molecule has 0 atom stereocenters. The molecular formula is C19H16ClNO4. The summed E-state index contributed by atoms with van der Waals surface area (Å²) in [6.45, 7) is 4.42. The van der Waals surface area contributed by atoms with E-state index < -0.39 is 10.2 Å². The average molecular weight is 358 g/mol. The highest BCUT2D eigenvalue weighted by Crippen LogP contribution is 2.31. The van der Waals surface area contributed by atoms with Crippen molar-refractivity contribution in [1.29, 1.82) is 0 Å². The molecule has 25 heavy (non-hydrogen) atoms. The van der Waals surface area contributed by atoms with Gasteiger partial charge in [-0.2, -0.15) is 4.40 Å². The van der Waals surface area contributed by atoms with Gasteiger partial charge in [0.2, 0.25) is 5.52 Å². The molecule has 5 nitrogen and oxygen atoms in total. The van der Waals surface area contributed by atoms with Crippen LogP contribution in [0, 0.1) is 24.1 Å². The van der Waals surface area contributed by atoms with Crippen LogP contribution in [0.15, 0.2) is 60.9 Å². The van der Waals surface area contributed by atoms with Crippen LogP contribution in [0.3, 0.4) is 0 Å². The van der Waals surface area contributed by atoms with E-state index in [0.29, 0.717) is 0 Å². The van der Waals surface area contributed by atoms with Gasteiger partial charge in [-0.15, -0.1) is 10.2 Å². The van der Waals surface area contributed by atoms with E-state index in [4.69, 9.17) is 18.6 Å². The minimum atomic E-state index is -4.94. The molecular weight excluding hydrogens is 342 g/mol. The Bertz CT molecular complexity index is 1060. The molecule has 0 unspecified atom stereocenters. The maximum Gasteiger partial charge on any atom is 0.214 e. The van der Waals surface area contributed by atoms with E-state index in [1.54, 1.807) is 0 Å². The smallest absolute Gasteiger partial charge is 0.214 e. The summed E-state index contributed by atoms with van der Waals surface area (Å²) in [5.41, 5.74) is 3.96. The highest BCUT2D eigenvalue weighted by Gasteiger charge is 2.14. The van der Waals surface area contributed by atoms with Crippen molar-refractivity contribution in [3.05, 3.63) is 72.1 Å². The molecule has 0 spiro atoms. The van der Waals surface area contributed by atoms with Gasteiger partial charge in [-0.3, -0.25) is 0 Å². The molecule has 0 saturated heterocycles. The fraction of sp³-hybridized carbons (Fsp3) is 0.105. The number of benzene rings is 2. The van der Waals surface area contributed by atoms with E-state index in [9.17, 15) is 0 Å². The normalized spacial score (nSPS) is 11.6. The lowest BCUT2D eigenvalue weighted by molar-refractivity contribution is -2.00. The van der Waals surface area contributed by atoms with Crippen molar-refractivity contribution in [1.82, 2.24) is 0 Å². The van der Waals surface area contributed by atoms with Gasteiger partial charge in [-0.1, -0.05) is 30.3 Å². The van der Waals surface area contributed by atoms with Crippen LogP contribution in [0.25, 0.3) is 27.1 Å². The van der Waals surface area contributed by atoms with Gasteiger partial charge >= 0.3 is 0 Å². The predicted octanol–water partition coefficient (Wildman–Crippen LogP) is -0.407. The molecule has 4 rings (SSSR count). The van der Waals surface area contributed by atoms with Crippen LogP contribution in [0.1, 0.15) is 11.1 Å². The van der Waals surface area contributed by atoms with Gasteiger partial charge < -0.3 is 0 Å². The van der Waals surface area contributed by atoms with Gasteiger partial charge in [0.1, 0.15) is 0 Å². The fourth-order valence-electron chi connectivity index (χ4n) is 3.23. The number of pyridine rings is 2. The third-order valence-corrected chi connectivity index (χ3v) is 4.21. The molecule has 4 aromatic rings. The highest BCUT2D eigenvalue weighted by molar-refractivity contribution is 6.11. The van der Waals surface area contributed by atoms with E-state index in [1.165, 1.54) is 38.2 Å². The zero-order chi connectivity index (χ0) is 18.2. The Morgan fingerprint density at radius 3 is 2.20 bits per heavy atom. The Morgan fingerprint density at radius 2 is 1.48 bits per heavy atom. The molecule has 2 heterocycles. The summed E-state index contributed by atoms with van der Waals surface area (Å²) in [5.74, 6) is 0. The summed E-state index contributed by atoms with van der Waals surface area (Å²) in [6, 6.07) is 17.3. The summed E-state index contributed by atoms with van der Waals surface area (Å²) < 4.78 is 36.2. The van der Waals surface area contributed by atoms with E-state index in [2.05, 4.69) is 79.2 Å². The number of nitrogens with zero attached hydrogens (tertiary/aromatic N) is 1. The van der Waals surface area contributed by atoms with Crippen molar-refractivity contribution < 1.29 is 33.3 Å². The lowest BCUT2D eigenvalue weighted by atomic mass is 9.95. The first-order valence-electron chi connectivity index (χ1n) is 7.59. The van der Waals surface area contributed by atoms with Crippen molar-refractivity contribution in [2.75, 3.05) is 0 Å². The number of rotatable bonds is 0.